The van der Waals surface area contributed by atoms with Gasteiger partial charge in [0.2, 0.25) is 5.69 Å². The molecule has 3 aromatic rings. The molecule has 5 rings (SSSR count). The summed E-state index contributed by atoms with van der Waals surface area (Å²) in [7, 11) is 2.09. The maximum absolute atomic E-state index is 4.48. The Morgan fingerprint density at radius 3 is 2.16 bits per heavy atom. The van der Waals surface area contributed by atoms with Gasteiger partial charge in [0, 0.05) is 29.6 Å². The van der Waals surface area contributed by atoms with Crippen LogP contribution in [0.1, 0.15) is 65.4 Å². The van der Waals surface area contributed by atoms with Gasteiger partial charge in [-0.05, 0) is 80.4 Å². The summed E-state index contributed by atoms with van der Waals surface area (Å²) < 4.78 is 2.18. The number of aliphatic imine (C=N–C) groups is 1. The van der Waals surface area contributed by atoms with Crippen LogP contribution in [0.3, 0.4) is 0 Å². The molecule has 0 bridgehead atoms. The van der Waals surface area contributed by atoms with E-state index in [1.807, 2.05) is 6.20 Å². The maximum Gasteiger partial charge on any atom is 0.213 e. The zero-order chi connectivity index (χ0) is 26.6. The minimum absolute atomic E-state index is 1.12. The van der Waals surface area contributed by atoms with Gasteiger partial charge in [-0.15, -0.1) is 0 Å². The minimum atomic E-state index is 1.12. The Bertz CT molecular complexity index is 1290. The average molecular weight is 492 g/mol. The first-order valence-electron chi connectivity index (χ1n) is 13.6. The fraction of sp³-hybridized carbons (Fsp3) is 0.314. The number of hydrogen-bond acceptors (Lipinski definition) is 1. The third-order valence-electron chi connectivity index (χ3n) is 6.62. The van der Waals surface area contributed by atoms with Gasteiger partial charge in [-0.3, -0.25) is 4.99 Å². The molecule has 0 N–H and O–H groups in total. The van der Waals surface area contributed by atoms with Gasteiger partial charge in [0.15, 0.2) is 6.20 Å². The second kappa shape index (κ2) is 14.3. The van der Waals surface area contributed by atoms with Gasteiger partial charge in [-0.1, -0.05) is 86.5 Å². The predicted molar refractivity (Wildman–Crippen MR) is 161 cm³/mol. The molecule has 0 spiro atoms. The second-order valence-electron chi connectivity index (χ2n) is 9.95. The summed E-state index contributed by atoms with van der Waals surface area (Å²) in [6.07, 6.45) is 14.4. The smallest absolute Gasteiger partial charge is 0.213 e. The number of pyridine rings is 1. The molecule has 0 atom stereocenters. The van der Waals surface area contributed by atoms with Gasteiger partial charge in [0.05, 0.1) is 0 Å². The molecule has 0 amide bonds. The summed E-state index contributed by atoms with van der Waals surface area (Å²) in [6, 6.07) is 23.4. The standard InChI is InChI=1S/C19H18N.C13H17N.C3H8/c1-15-8-6-7-11-18(15)19-14-17(12-13-20(19)2)16-9-4-3-5-10-16;1-10-6-7-12(11(2)9-10)13-5-3-4-8-14-13;1-3-2/h3-14H,1-2H3;4,8-9H,3,5-7H2,1-2H3;3H2,1-2H3/q+1;;. The Morgan fingerprint density at radius 2 is 1.51 bits per heavy atom. The first kappa shape index (κ1) is 28.1. The van der Waals surface area contributed by atoms with Crippen molar-refractivity contribution in [2.24, 2.45) is 12.0 Å². The van der Waals surface area contributed by atoms with Gasteiger partial charge < -0.3 is 0 Å². The lowest BCUT2D eigenvalue weighted by Gasteiger charge is -2.18. The molecule has 2 heteroatoms. The fourth-order valence-corrected chi connectivity index (χ4v) is 4.66. The highest BCUT2D eigenvalue weighted by atomic mass is 14.9. The van der Waals surface area contributed by atoms with Crippen LogP contribution in [0.5, 0.6) is 0 Å². The molecule has 192 valence electrons. The fourth-order valence-electron chi connectivity index (χ4n) is 4.66. The van der Waals surface area contributed by atoms with Gasteiger partial charge >= 0.3 is 0 Å². The zero-order valence-corrected chi connectivity index (χ0v) is 23.6. The number of aryl methyl sites for hydroxylation is 2. The summed E-state index contributed by atoms with van der Waals surface area (Å²) in [6.45, 7) is 10.8. The van der Waals surface area contributed by atoms with E-state index in [1.165, 1.54) is 69.6 Å². The molecule has 2 nitrogen and oxygen atoms in total. The third-order valence-corrected chi connectivity index (χ3v) is 6.62. The molecule has 2 aliphatic rings. The minimum Gasteiger partial charge on any atom is -0.261 e. The molecule has 0 fully saturated rings. The van der Waals surface area contributed by atoms with Crippen molar-refractivity contribution in [3.63, 3.8) is 0 Å². The van der Waals surface area contributed by atoms with Gasteiger partial charge in [-0.2, -0.15) is 0 Å². The largest absolute Gasteiger partial charge is 0.261 e. The lowest BCUT2D eigenvalue weighted by atomic mass is 9.89. The molecule has 1 aliphatic heterocycles. The van der Waals surface area contributed by atoms with Crippen LogP contribution in [-0.4, -0.2) is 5.71 Å². The van der Waals surface area contributed by atoms with Crippen molar-refractivity contribution >= 4 is 5.71 Å². The number of nitrogens with zero attached hydrogens (tertiary/aromatic N) is 2. The predicted octanol–water partition coefficient (Wildman–Crippen LogP) is 9.36. The van der Waals surface area contributed by atoms with Gasteiger partial charge in [0.1, 0.15) is 7.05 Å². The third kappa shape index (κ3) is 7.98. The first-order chi connectivity index (χ1) is 17.9. The molecule has 0 radical (unpaired) electrons. The highest BCUT2D eigenvalue weighted by Gasteiger charge is 2.15. The lowest BCUT2D eigenvalue weighted by molar-refractivity contribution is -0.660. The molecule has 2 heterocycles. The van der Waals surface area contributed by atoms with E-state index in [-0.39, 0.29) is 0 Å². The van der Waals surface area contributed by atoms with Crippen LogP contribution in [0.2, 0.25) is 0 Å². The van der Waals surface area contributed by atoms with Crippen LogP contribution in [0.4, 0.5) is 0 Å². The van der Waals surface area contributed by atoms with E-state index in [9.17, 15) is 0 Å². The Balaban J connectivity index is 0.000000195. The Labute approximate surface area is 224 Å². The van der Waals surface area contributed by atoms with Crippen molar-refractivity contribution < 1.29 is 4.57 Å². The first-order valence-corrected chi connectivity index (χ1v) is 13.6. The van der Waals surface area contributed by atoms with Gasteiger partial charge in [-0.25, -0.2) is 4.57 Å². The zero-order valence-electron chi connectivity index (χ0n) is 23.6. The van der Waals surface area contributed by atoms with Gasteiger partial charge in [0.25, 0.3) is 0 Å². The molecule has 0 saturated carbocycles. The number of rotatable bonds is 3. The molecular formula is C35H43N2+. The maximum atomic E-state index is 4.48. The van der Waals surface area contributed by atoms with Crippen LogP contribution in [0, 0.1) is 6.92 Å². The number of benzene rings is 2. The molecule has 1 aromatic heterocycles. The van der Waals surface area contributed by atoms with E-state index in [4.69, 9.17) is 0 Å². The van der Waals surface area contributed by atoms with Crippen LogP contribution in [0.15, 0.2) is 113 Å². The molecule has 0 saturated heterocycles. The Kier molecular flexibility index (Phi) is 10.8. The topological polar surface area (TPSA) is 16.2 Å². The molecule has 1 aliphatic carbocycles. The number of hydrogen-bond donors (Lipinski definition) is 0. The summed E-state index contributed by atoms with van der Waals surface area (Å²) in [5.41, 5.74) is 12.0. The van der Waals surface area contributed by atoms with Crippen LogP contribution in [-0.2, 0) is 7.05 Å². The molecule has 0 unspecified atom stereocenters. The van der Waals surface area contributed by atoms with Crippen molar-refractivity contribution in [3.8, 4) is 22.4 Å². The highest BCUT2D eigenvalue weighted by Crippen LogP contribution is 2.27. The number of aromatic nitrogens is 1. The summed E-state index contributed by atoms with van der Waals surface area (Å²) in [4.78, 5) is 4.48. The quantitative estimate of drug-likeness (QED) is 0.325. The van der Waals surface area contributed by atoms with Crippen molar-refractivity contribution in [3.05, 3.63) is 114 Å². The van der Waals surface area contributed by atoms with E-state index in [0.29, 0.717) is 0 Å². The van der Waals surface area contributed by atoms with Crippen LogP contribution < -0.4 is 4.57 Å². The van der Waals surface area contributed by atoms with Crippen LogP contribution in [0.25, 0.3) is 22.4 Å². The highest BCUT2D eigenvalue weighted by molar-refractivity contribution is 6.02. The Hall–Kier alpha value is -3.52. The normalized spacial score (nSPS) is 14.5. The van der Waals surface area contributed by atoms with E-state index < -0.39 is 0 Å². The van der Waals surface area contributed by atoms with E-state index >= 15 is 0 Å². The van der Waals surface area contributed by atoms with E-state index in [0.717, 1.165) is 12.8 Å². The second-order valence-corrected chi connectivity index (χ2v) is 9.95. The van der Waals surface area contributed by atoms with Crippen molar-refractivity contribution in [2.75, 3.05) is 0 Å². The SMILES string of the molecule is CC1=CC(C)=C(C2=NC=CCC2)CC1.CCC.Cc1ccccc1-c1cc(-c2ccccc2)cc[n+]1C. The van der Waals surface area contributed by atoms with Crippen LogP contribution >= 0.6 is 0 Å². The molecule has 37 heavy (non-hydrogen) atoms. The number of allylic oxidation sites excluding steroid dienone is 5. The van der Waals surface area contributed by atoms with E-state index in [2.05, 4.69) is 136 Å². The van der Waals surface area contributed by atoms with Crippen molar-refractivity contribution in [1.29, 1.82) is 0 Å². The molecule has 2 aromatic carbocycles. The summed E-state index contributed by atoms with van der Waals surface area (Å²) in [5, 5.41) is 0. The summed E-state index contributed by atoms with van der Waals surface area (Å²) >= 11 is 0. The van der Waals surface area contributed by atoms with Crippen molar-refractivity contribution in [1.82, 2.24) is 0 Å². The monoisotopic (exact) mass is 491 g/mol. The lowest BCUT2D eigenvalue weighted by Crippen LogP contribution is -2.30. The van der Waals surface area contributed by atoms with Crippen molar-refractivity contribution in [2.45, 2.75) is 66.7 Å². The Morgan fingerprint density at radius 1 is 0.811 bits per heavy atom. The average Bonchev–Trinajstić information content (AvgIpc) is 2.91. The van der Waals surface area contributed by atoms with E-state index in [1.54, 1.807) is 0 Å². The summed E-state index contributed by atoms with van der Waals surface area (Å²) in [5.74, 6) is 0. The molecular weight excluding hydrogens is 448 g/mol.